The van der Waals surface area contributed by atoms with Crippen molar-refractivity contribution in [3.8, 4) is 5.75 Å². The molecule has 0 saturated heterocycles. The first-order valence-corrected chi connectivity index (χ1v) is 5.43. The van der Waals surface area contributed by atoms with Gasteiger partial charge in [-0.15, -0.1) is 0 Å². The van der Waals surface area contributed by atoms with E-state index in [9.17, 15) is 0 Å². The molecular formula is C12H18N2O3. The van der Waals surface area contributed by atoms with Gasteiger partial charge < -0.3 is 20.4 Å². The predicted molar refractivity (Wildman–Crippen MR) is 65.3 cm³/mol. The molecule has 0 aliphatic carbocycles. The van der Waals surface area contributed by atoms with E-state index < -0.39 is 6.10 Å². The van der Waals surface area contributed by atoms with Crippen molar-refractivity contribution in [2.24, 2.45) is 10.9 Å². The minimum absolute atomic E-state index is 0.0737. The second-order valence-corrected chi connectivity index (χ2v) is 3.62. The van der Waals surface area contributed by atoms with Crippen LogP contribution in [-0.2, 0) is 11.3 Å². The predicted octanol–water partition coefficient (Wildman–Crippen LogP) is 1.74. The molecule has 0 amide bonds. The second kappa shape index (κ2) is 6.75. The number of ether oxygens (including phenoxy) is 2. The number of methoxy groups -OCH3 is 1. The third kappa shape index (κ3) is 3.96. The molecule has 17 heavy (non-hydrogen) atoms. The molecule has 1 aromatic rings. The Bertz CT molecular complexity index is 380. The number of oxime groups is 1. The number of nitrogens with two attached hydrogens (primary N) is 1. The Labute approximate surface area is 101 Å². The zero-order chi connectivity index (χ0) is 12.7. The first-order chi connectivity index (χ1) is 8.21. The average molecular weight is 238 g/mol. The minimum Gasteiger partial charge on any atom is -0.482 e. The lowest BCUT2D eigenvalue weighted by molar-refractivity contribution is 0.184. The van der Waals surface area contributed by atoms with Crippen molar-refractivity contribution in [3.63, 3.8) is 0 Å². The van der Waals surface area contributed by atoms with Crippen molar-refractivity contribution in [1.82, 2.24) is 0 Å². The van der Waals surface area contributed by atoms with E-state index in [1.54, 1.807) is 7.11 Å². The van der Waals surface area contributed by atoms with E-state index in [2.05, 4.69) is 5.16 Å². The average Bonchev–Trinajstić information content (AvgIpc) is 2.36. The SMILES string of the molecule is CCC(Oc1cccc(COC)c1)C(N)=NO. The Morgan fingerprint density at radius 3 is 2.88 bits per heavy atom. The van der Waals surface area contributed by atoms with Gasteiger partial charge in [0.2, 0.25) is 0 Å². The Morgan fingerprint density at radius 1 is 1.53 bits per heavy atom. The van der Waals surface area contributed by atoms with E-state index in [1.807, 2.05) is 31.2 Å². The molecule has 0 aromatic heterocycles. The Morgan fingerprint density at radius 2 is 2.29 bits per heavy atom. The standard InChI is InChI=1S/C12H18N2O3/c1-3-11(12(13)14-15)17-10-6-4-5-9(7-10)8-16-2/h4-7,11,15H,3,8H2,1-2H3,(H2,13,14). The van der Waals surface area contributed by atoms with E-state index in [-0.39, 0.29) is 5.84 Å². The fraction of sp³-hybridized carbons (Fsp3) is 0.417. The lowest BCUT2D eigenvalue weighted by Gasteiger charge is -2.16. The fourth-order valence-electron chi connectivity index (χ4n) is 1.46. The van der Waals surface area contributed by atoms with E-state index in [1.165, 1.54) is 0 Å². The third-order valence-corrected chi connectivity index (χ3v) is 2.30. The van der Waals surface area contributed by atoms with E-state index in [0.717, 1.165) is 5.56 Å². The fourth-order valence-corrected chi connectivity index (χ4v) is 1.46. The first kappa shape index (κ1) is 13.3. The molecule has 3 N–H and O–H groups in total. The Kier molecular flexibility index (Phi) is 5.29. The summed E-state index contributed by atoms with van der Waals surface area (Å²) in [5.41, 5.74) is 6.54. The normalized spacial score (nSPS) is 13.4. The maximum Gasteiger partial charge on any atom is 0.180 e. The third-order valence-electron chi connectivity index (χ3n) is 2.30. The van der Waals surface area contributed by atoms with E-state index >= 15 is 0 Å². The monoisotopic (exact) mass is 238 g/mol. The van der Waals surface area contributed by atoms with Gasteiger partial charge in [0.25, 0.3) is 0 Å². The highest BCUT2D eigenvalue weighted by Crippen LogP contribution is 2.16. The number of hydrogen-bond acceptors (Lipinski definition) is 4. The van der Waals surface area contributed by atoms with E-state index in [4.69, 9.17) is 20.4 Å². The van der Waals surface area contributed by atoms with Crippen LogP contribution in [0.15, 0.2) is 29.4 Å². The van der Waals surface area contributed by atoms with Crippen LogP contribution < -0.4 is 10.5 Å². The van der Waals surface area contributed by atoms with Gasteiger partial charge in [0.15, 0.2) is 11.9 Å². The molecule has 0 aliphatic rings. The van der Waals surface area contributed by atoms with Crippen molar-refractivity contribution >= 4 is 5.84 Å². The van der Waals surface area contributed by atoms with Gasteiger partial charge in [-0.05, 0) is 24.1 Å². The molecule has 0 spiro atoms. The topological polar surface area (TPSA) is 77.1 Å². The lowest BCUT2D eigenvalue weighted by Crippen LogP contribution is -2.33. The number of rotatable bonds is 6. The van der Waals surface area contributed by atoms with Gasteiger partial charge in [-0.2, -0.15) is 0 Å². The van der Waals surface area contributed by atoms with Crippen LogP contribution in [-0.4, -0.2) is 24.3 Å². The Hall–Kier alpha value is -1.75. The quantitative estimate of drug-likeness (QED) is 0.342. The van der Waals surface area contributed by atoms with Gasteiger partial charge in [0.05, 0.1) is 6.61 Å². The molecule has 5 heteroatoms. The molecule has 1 aromatic carbocycles. The molecule has 0 bridgehead atoms. The van der Waals surface area contributed by atoms with Crippen molar-refractivity contribution in [3.05, 3.63) is 29.8 Å². The maximum absolute atomic E-state index is 8.62. The molecule has 0 saturated carbocycles. The van der Waals surface area contributed by atoms with Gasteiger partial charge in [0.1, 0.15) is 5.75 Å². The van der Waals surface area contributed by atoms with Gasteiger partial charge in [-0.25, -0.2) is 0 Å². The summed E-state index contributed by atoms with van der Waals surface area (Å²) in [7, 11) is 1.64. The van der Waals surface area contributed by atoms with Crippen LogP contribution in [0.3, 0.4) is 0 Å². The summed E-state index contributed by atoms with van der Waals surface area (Å²) < 4.78 is 10.7. The maximum atomic E-state index is 8.62. The zero-order valence-corrected chi connectivity index (χ0v) is 10.1. The second-order valence-electron chi connectivity index (χ2n) is 3.62. The summed E-state index contributed by atoms with van der Waals surface area (Å²) in [6, 6.07) is 7.52. The van der Waals surface area contributed by atoms with E-state index in [0.29, 0.717) is 18.8 Å². The molecular weight excluding hydrogens is 220 g/mol. The van der Waals surface area contributed by atoms with Crippen LogP contribution in [0.5, 0.6) is 5.75 Å². The summed E-state index contributed by atoms with van der Waals surface area (Å²) in [5, 5.41) is 11.6. The highest BCUT2D eigenvalue weighted by molar-refractivity contribution is 5.84. The largest absolute Gasteiger partial charge is 0.482 e. The molecule has 0 radical (unpaired) electrons. The van der Waals surface area contributed by atoms with Gasteiger partial charge in [-0.3, -0.25) is 0 Å². The van der Waals surface area contributed by atoms with Gasteiger partial charge in [-0.1, -0.05) is 24.2 Å². The smallest absolute Gasteiger partial charge is 0.180 e. The molecule has 0 fully saturated rings. The molecule has 1 unspecified atom stereocenters. The number of benzene rings is 1. The van der Waals surface area contributed by atoms with Crippen LogP contribution in [0, 0.1) is 0 Å². The number of amidine groups is 1. The lowest BCUT2D eigenvalue weighted by atomic mass is 10.2. The van der Waals surface area contributed by atoms with Crippen LogP contribution in [0.2, 0.25) is 0 Å². The van der Waals surface area contributed by atoms with Crippen molar-refractivity contribution in [2.45, 2.75) is 26.1 Å². The molecule has 94 valence electrons. The summed E-state index contributed by atoms with van der Waals surface area (Å²) in [6.45, 7) is 2.43. The highest BCUT2D eigenvalue weighted by atomic mass is 16.5. The van der Waals surface area contributed by atoms with Crippen LogP contribution >= 0.6 is 0 Å². The van der Waals surface area contributed by atoms with Crippen LogP contribution in [0.4, 0.5) is 0 Å². The highest BCUT2D eigenvalue weighted by Gasteiger charge is 2.13. The molecule has 1 atom stereocenters. The summed E-state index contributed by atoms with van der Waals surface area (Å²) in [5.74, 6) is 0.752. The summed E-state index contributed by atoms with van der Waals surface area (Å²) in [6.07, 6.45) is 0.211. The van der Waals surface area contributed by atoms with Crippen molar-refractivity contribution < 1.29 is 14.7 Å². The summed E-state index contributed by atoms with van der Waals surface area (Å²) >= 11 is 0. The minimum atomic E-state index is -0.419. The molecule has 1 rings (SSSR count). The van der Waals surface area contributed by atoms with Crippen LogP contribution in [0.1, 0.15) is 18.9 Å². The zero-order valence-electron chi connectivity index (χ0n) is 10.1. The van der Waals surface area contributed by atoms with Gasteiger partial charge in [0, 0.05) is 7.11 Å². The molecule has 5 nitrogen and oxygen atoms in total. The molecule has 0 heterocycles. The number of hydrogen-bond donors (Lipinski definition) is 2. The Balaban J connectivity index is 2.75. The van der Waals surface area contributed by atoms with Crippen LogP contribution in [0.25, 0.3) is 0 Å². The number of nitrogens with zero attached hydrogens (tertiary/aromatic N) is 1. The van der Waals surface area contributed by atoms with Crippen molar-refractivity contribution in [1.29, 1.82) is 0 Å². The summed E-state index contributed by atoms with van der Waals surface area (Å²) in [4.78, 5) is 0. The molecule has 0 aliphatic heterocycles. The first-order valence-electron chi connectivity index (χ1n) is 5.43. The van der Waals surface area contributed by atoms with Crippen molar-refractivity contribution in [2.75, 3.05) is 7.11 Å². The van der Waals surface area contributed by atoms with Gasteiger partial charge >= 0.3 is 0 Å².